The Bertz CT molecular complexity index is 373. The molecule has 2 heteroatoms. The Morgan fingerprint density at radius 2 is 2.25 bits per heavy atom. The van der Waals surface area contributed by atoms with Crippen molar-refractivity contribution in [1.29, 1.82) is 0 Å². The van der Waals surface area contributed by atoms with Crippen molar-refractivity contribution in [2.75, 3.05) is 12.5 Å². The first-order valence-corrected chi connectivity index (χ1v) is 6.26. The minimum atomic E-state index is 0.227. The zero-order valence-electron chi connectivity index (χ0n) is 9.42. The third kappa shape index (κ3) is 2.66. The molecule has 16 heavy (non-hydrogen) atoms. The lowest BCUT2D eigenvalue weighted by atomic mass is 9.89. The van der Waals surface area contributed by atoms with Crippen LogP contribution in [-0.2, 0) is 11.2 Å². The number of halogens is 1. The van der Waals surface area contributed by atoms with Crippen LogP contribution >= 0.6 is 11.6 Å². The molecule has 0 saturated heterocycles. The SMILES string of the molecule is C=C(CCl)COC1CCCc2ccccc21. The minimum Gasteiger partial charge on any atom is -0.369 e. The van der Waals surface area contributed by atoms with E-state index in [4.69, 9.17) is 16.3 Å². The molecule has 1 aromatic rings. The van der Waals surface area contributed by atoms with Gasteiger partial charge in [0.05, 0.1) is 12.7 Å². The lowest BCUT2D eigenvalue weighted by Crippen LogP contribution is -2.14. The van der Waals surface area contributed by atoms with Crippen LogP contribution in [0.15, 0.2) is 36.4 Å². The van der Waals surface area contributed by atoms with Gasteiger partial charge in [-0.15, -0.1) is 11.6 Å². The average Bonchev–Trinajstić information content (AvgIpc) is 2.35. The van der Waals surface area contributed by atoms with E-state index in [2.05, 4.69) is 30.8 Å². The number of aryl methyl sites for hydroxylation is 1. The quantitative estimate of drug-likeness (QED) is 0.570. The molecule has 2 rings (SSSR count). The largest absolute Gasteiger partial charge is 0.369 e. The molecule has 0 aliphatic heterocycles. The molecule has 0 heterocycles. The fourth-order valence-corrected chi connectivity index (χ4v) is 2.22. The van der Waals surface area contributed by atoms with E-state index in [-0.39, 0.29) is 6.10 Å². The van der Waals surface area contributed by atoms with Gasteiger partial charge in [0.15, 0.2) is 0 Å². The Kier molecular flexibility index (Phi) is 4.03. The van der Waals surface area contributed by atoms with Gasteiger partial charge in [-0.1, -0.05) is 30.8 Å². The molecule has 1 aromatic carbocycles. The van der Waals surface area contributed by atoms with Crippen molar-refractivity contribution in [2.24, 2.45) is 0 Å². The Labute approximate surface area is 102 Å². The summed E-state index contributed by atoms with van der Waals surface area (Å²) in [4.78, 5) is 0. The van der Waals surface area contributed by atoms with E-state index in [0.717, 1.165) is 12.0 Å². The zero-order valence-corrected chi connectivity index (χ0v) is 10.2. The number of alkyl halides is 1. The van der Waals surface area contributed by atoms with Crippen molar-refractivity contribution in [1.82, 2.24) is 0 Å². The van der Waals surface area contributed by atoms with E-state index in [1.54, 1.807) is 0 Å². The summed E-state index contributed by atoms with van der Waals surface area (Å²) in [6.07, 6.45) is 3.71. The second-order valence-electron chi connectivity index (χ2n) is 4.27. The van der Waals surface area contributed by atoms with Crippen molar-refractivity contribution in [3.8, 4) is 0 Å². The maximum atomic E-state index is 5.88. The van der Waals surface area contributed by atoms with Gasteiger partial charge in [0.25, 0.3) is 0 Å². The van der Waals surface area contributed by atoms with Gasteiger partial charge in [-0.25, -0.2) is 0 Å². The molecular formula is C14H17ClO. The number of hydrogen-bond acceptors (Lipinski definition) is 1. The van der Waals surface area contributed by atoms with E-state index in [0.29, 0.717) is 12.5 Å². The summed E-state index contributed by atoms with van der Waals surface area (Å²) in [6, 6.07) is 8.54. The fourth-order valence-electron chi connectivity index (χ4n) is 2.14. The molecule has 1 atom stereocenters. The first kappa shape index (κ1) is 11.7. The summed E-state index contributed by atoms with van der Waals surface area (Å²) in [5, 5.41) is 0. The second-order valence-corrected chi connectivity index (χ2v) is 4.54. The zero-order chi connectivity index (χ0) is 11.4. The van der Waals surface area contributed by atoms with E-state index in [1.807, 2.05) is 0 Å². The van der Waals surface area contributed by atoms with Crippen molar-refractivity contribution < 1.29 is 4.74 Å². The number of benzene rings is 1. The highest BCUT2D eigenvalue weighted by atomic mass is 35.5. The van der Waals surface area contributed by atoms with Crippen LogP contribution in [0.4, 0.5) is 0 Å². The first-order chi connectivity index (χ1) is 7.81. The Balaban J connectivity index is 2.04. The van der Waals surface area contributed by atoms with Crippen molar-refractivity contribution in [3.63, 3.8) is 0 Å². The van der Waals surface area contributed by atoms with Crippen LogP contribution in [-0.4, -0.2) is 12.5 Å². The number of rotatable bonds is 4. The summed E-state index contributed by atoms with van der Waals surface area (Å²) in [6.45, 7) is 4.43. The molecule has 0 N–H and O–H groups in total. The van der Waals surface area contributed by atoms with Gasteiger partial charge in [0.1, 0.15) is 0 Å². The van der Waals surface area contributed by atoms with Gasteiger partial charge in [0, 0.05) is 5.88 Å². The maximum Gasteiger partial charge on any atom is 0.0832 e. The normalized spacial score (nSPS) is 19.2. The molecule has 0 bridgehead atoms. The highest BCUT2D eigenvalue weighted by Crippen LogP contribution is 2.32. The van der Waals surface area contributed by atoms with E-state index in [1.165, 1.54) is 24.0 Å². The van der Waals surface area contributed by atoms with Crippen LogP contribution in [0.2, 0.25) is 0 Å². The predicted octanol–water partition coefficient (Wildman–Crippen LogP) is 3.88. The maximum absolute atomic E-state index is 5.88. The van der Waals surface area contributed by atoms with Crippen LogP contribution in [0.25, 0.3) is 0 Å². The molecule has 0 spiro atoms. The van der Waals surface area contributed by atoms with Crippen molar-refractivity contribution in [3.05, 3.63) is 47.5 Å². The highest BCUT2D eigenvalue weighted by molar-refractivity contribution is 6.19. The van der Waals surface area contributed by atoms with Crippen LogP contribution in [0, 0.1) is 0 Å². The Morgan fingerprint density at radius 1 is 1.44 bits per heavy atom. The Morgan fingerprint density at radius 3 is 3.06 bits per heavy atom. The minimum absolute atomic E-state index is 0.227. The van der Waals surface area contributed by atoms with Gasteiger partial charge < -0.3 is 4.74 Å². The summed E-state index contributed by atoms with van der Waals surface area (Å²) in [5.74, 6) is 0.481. The van der Waals surface area contributed by atoms with Gasteiger partial charge >= 0.3 is 0 Å². The highest BCUT2D eigenvalue weighted by Gasteiger charge is 2.19. The van der Waals surface area contributed by atoms with Crippen LogP contribution in [0.1, 0.15) is 30.1 Å². The molecule has 0 amide bonds. The van der Waals surface area contributed by atoms with Crippen molar-refractivity contribution >= 4 is 11.6 Å². The summed E-state index contributed by atoms with van der Waals surface area (Å²) >= 11 is 5.69. The second kappa shape index (κ2) is 5.51. The van der Waals surface area contributed by atoms with Gasteiger partial charge in [-0.3, -0.25) is 0 Å². The molecule has 0 radical (unpaired) electrons. The molecule has 1 aliphatic carbocycles. The van der Waals surface area contributed by atoms with Crippen LogP contribution in [0.3, 0.4) is 0 Å². The lowest BCUT2D eigenvalue weighted by molar-refractivity contribution is 0.0568. The molecule has 1 aliphatic rings. The van der Waals surface area contributed by atoms with Crippen LogP contribution in [0.5, 0.6) is 0 Å². The third-order valence-electron chi connectivity index (χ3n) is 2.99. The molecule has 0 fully saturated rings. The monoisotopic (exact) mass is 236 g/mol. The molecule has 86 valence electrons. The van der Waals surface area contributed by atoms with Gasteiger partial charge in [-0.2, -0.15) is 0 Å². The number of fused-ring (bicyclic) bond motifs is 1. The fraction of sp³-hybridized carbons (Fsp3) is 0.429. The lowest BCUT2D eigenvalue weighted by Gasteiger charge is -2.25. The standard InChI is InChI=1S/C14H17ClO/c1-11(9-15)10-16-14-8-4-6-12-5-2-3-7-13(12)14/h2-3,5,7,14H,1,4,6,8-10H2. The van der Waals surface area contributed by atoms with Crippen molar-refractivity contribution in [2.45, 2.75) is 25.4 Å². The summed E-state index contributed by atoms with van der Waals surface area (Å²) < 4.78 is 5.88. The number of hydrogen-bond donors (Lipinski definition) is 0. The number of ether oxygens (including phenoxy) is 1. The molecule has 1 unspecified atom stereocenters. The molecule has 1 nitrogen and oxygen atoms in total. The topological polar surface area (TPSA) is 9.23 Å². The molecule has 0 aromatic heterocycles. The van der Waals surface area contributed by atoms with E-state index < -0.39 is 0 Å². The van der Waals surface area contributed by atoms with Gasteiger partial charge in [-0.05, 0) is 36.0 Å². The molecule has 0 saturated carbocycles. The van der Waals surface area contributed by atoms with Crippen LogP contribution < -0.4 is 0 Å². The summed E-state index contributed by atoms with van der Waals surface area (Å²) in [5.41, 5.74) is 3.72. The van der Waals surface area contributed by atoms with Gasteiger partial charge in [0.2, 0.25) is 0 Å². The van der Waals surface area contributed by atoms with E-state index >= 15 is 0 Å². The summed E-state index contributed by atoms with van der Waals surface area (Å²) in [7, 11) is 0. The molecular weight excluding hydrogens is 220 g/mol. The predicted molar refractivity (Wildman–Crippen MR) is 67.9 cm³/mol. The Hall–Kier alpha value is -0.790. The smallest absolute Gasteiger partial charge is 0.0832 e. The van der Waals surface area contributed by atoms with E-state index in [9.17, 15) is 0 Å². The average molecular weight is 237 g/mol. The third-order valence-corrected chi connectivity index (χ3v) is 3.37. The first-order valence-electron chi connectivity index (χ1n) is 5.73.